The second-order valence-corrected chi connectivity index (χ2v) is 6.38. The lowest BCUT2D eigenvalue weighted by molar-refractivity contribution is 0.0571. The first-order valence-electron chi connectivity index (χ1n) is 8.60. The van der Waals surface area contributed by atoms with Crippen molar-refractivity contribution in [1.29, 1.82) is 0 Å². The number of carbonyl (C=O) groups excluding carboxylic acids is 2. The number of aromatic nitrogens is 4. The van der Waals surface area contributed by atoms with Gasteiger partial charge in [-0.3, -0.25) is 14.5 Å². The molecule has 0 saturated carbocycles. The number of rotatable bonds is 4. The van der Waals surface area contributed by atoms with Gasteiger partial charge in [-0.05, 0) is 29.7 Å². The molecule has 1 aliphatic rings. The summed E-state index contributed by atoms with van der Waals surface area (Å²) in [5.74, 6) is -0.595. The van der Waals surface area contributed by atoms with Crippen molar-refractivity contribution in [3.05, 3.63) is 84.4 Å². The number of hydrogen-bond donors (Lipinski definition) is 0. The van der Waals surface area contributed by atoms with Crippen molar-refractivity contribution in [3.8, 4) is 0 Å². The van der Waals surface area contributed by atoms with Crippen LogP contribution in [0.4, 0.5) is 0 Å². The summed E-state index contributed by atoms with van der Waals surface area (Å²) in [4.78, 5) is 27.6. The van der Waals surface area contributed by atoms with E-state index in [4.69, 9.17) is 0 Å². The molecule has 2 aromatic carbocycles. The Morgan fingerprint density at radius 2 is 1.33 bits per heavy atom. The molecule has 0 unspecified atom stereocenters. The summed E-state index contributed by atoms with van der Waals surface area (Å²) in [6, 6.07) is 14.6. The number of imide groups is 1. The number of hydrogen-bond acceptors (Lipinski definition) is 4. The van der Waals surface area contributed by atoms with E-state index in [2.05, 4.69) is 10.2 Å². The van der Waals surface area contributed by atoms with Crippen LogP contribution in [0.3, 0.4) is 0 Å². The molecule has 2 aromatic heterocycles. The second-order valence-electron chi connectivity index (χ2n) is 6.38. The van der Waals surface area contributed by atoms with E-state index in [-0.39, 0.29) is 18.4 Å². The third kappa shape index (κ3) is 2.36. The van der Waals surface area contributed by atoms with Crippen LogP contribution in [-0.4, -0.2) is 42.8 Å². The molecule has 5 rings (SSSR count). The first-order valence-corrected chi connectivity index (χ1v) is 8.60. The highest BCUT2D eigenvalue weighted by Crippen LogP contribution is 2.30. The monoisotopic (exact) mass is 357 g/mol. The maximum absolute atomic E-state index is 13.1. The van der Waals surface area contributed by atoms with Gasteiger partial charge in [0, 0.05) is 41.3 Å². The van der Waals surface area contributed by atoms with E-state index in [1.54, 1.807) is 58.4 Å². The molecule has 4 aromatic rings. The van der Waals surface area contributed by atoms with Gasteiger partial charge in [0.05, 0.1) is 6.54 Å². The van der Waals surface area contributed by atoms with Crippen LogP contribution in [0, 0.1) is 0 Å². The van der Waals surface area contributed by atoms with Gasteiger partial charge in [-0.2, -0.15) is 10.2 Å². The van der Waals surface area contributed by atoms with Gasteiger partial charge in [-0.15, -0.1) is 0 Å². The molecule has 0 N–H and O–H groups in total. The van der Waals surface area contributed by atoms with Crippen molar-refractivity contribution >= 4 is 22.6 Å². The van der Waals surface area contributed by atoms with Gasteiger partial charge in [0.15, 0.2) is 6.17 Å². The van der Waals surface area contributed by atoms with Gasteiger partial charge in [0.25, 0.3) is 11.8 Å². The average molecular weight is 357 g/mol. The highest BCUT2D eigenvalue weighted by Gasteiger charge is 2.35. The number of benzene rings is 2. The minimum Gasteiger partial charge on any atom is -0.270 e. The maximum atomic E-state index is 13.1. The van der Waals surface area contributed by atoms with Gasteiger partial charge >= 0.3 is 0 Å². The zero-order chi connectivity index (χ0) is 18.4. The third-order valence-corrected chi connectivity index (χ3v) is 4.86. The van der Waals surface area contributed by atoms with Crippen molar-refractivity contribution in [3.63, 3.8) is 0 Å². The van der Waals surface area contributed by atoms with Crippen LogP contribution < -0.4 is 0 Å². The Hall–Kier alpha value is -3.74. The molecule has 0 atom stereocenters. The molecule has 27 heavy (non-hydrogen) atoms. The number of nitrogens with zero attached hydrogens (tertiary/aromatic N) is 5. The highest BCUT2D eigenvalue weighted by atomic mass is 16.2. The Morgan fingerprint density at radius 1 is 0.778 bits per heavy atom. The van der Waals surface area contributed by atoms with Crippen LogP contribution in [0.15, 0.2) is 73.3 Å². The topological polar surface area (TPSA) is 73.0 Å². The Morgan fingerprint density at radius 3 is 1.81 bits per heavy atom. The quantitative estimate of drug-likeness (QED) is 0.526. The van der Waals surface area contributed by atoms with E-state index in [0.717, 1.165) is 10.8 Å². The predicted molar refractivity (Wildman–Crippen MR) is 98.2 cm³/mol. The van der Waals surface area contributed by atoms with Gasteiger partial charge in [-0.25, -0.2) is 9.36 Å². The van der Waals surface area contributed by atoms with Crippen LogP contribution in [0.25, 0.3) is 10.8 Å². The SMILES string of the molecule is O=C1c2cccc3cccc(c23)C(=O)N1CC(n1cccn1)n1cccn1. The van der Waals surface area contributed by atoms with Crippen LogP contribution >= 0.6 is 0 Å². The molecule has 0 saturated heterocycles. The van der Waals surface area contributed by atoms with E-state index in [9.17, 15) is 9.59 Å². The Labute approximate surface area is 154 Å². The molecule has 1 aliphatic heterocycles. The molecule has 3 heterocycles. The van der Waals surface area contributed by atoms with Crippen molar-refractivity contribution < 1.29 is 9.59 Å². The fraction of sp³-hybridized carbons (Fsp3) is 0.100. The molecule has 0 spiro atoms. The molecule has 0 fully saturated rings. The highest BCUT2D eigenvalue weighted by molar-refractivity contribution is 6.25. The van der Waals surface area contributed by atoms with E-state index < -0.39 is 6.17 Å². The first kappa shape index (κ1) is 15.5. The first-order chi connectivity index (χ1) is 13.2. The van der Waals surface area contributed by atoms with E-state index >= 15 is 0 Å². The fourth-order valence-corrected chi connectivity index (χ4v) is 3.61. The number of amides is 2. The Kier molecular flexibility index (Phi) is 3.39. The molecule has 2 amide bonds. The maximum Gasteiger partial charge on any atom is 0.261 e. The van der Waals surface area contributed by atoms with Crippen LogP contribution in [-0.2, 0) is 0 Å². The summed E-state index contributed by atoms with van der Waals surface area (Å²) >= 11 is 0. The summed E-state index contributed by atoms with van der Waals surface area (Å²) in [5.41, 5.74) is 1.09. The summed E-state index contributed by atoms with van der Waals surface area (Å²) in [6.45, 7) is 0.131. The second kappa shape index (κ2) is 5.91. The summed E-state index contributed by atoms with van der Waals surface area (Å²) in [5, 5.41) is 10.2. The lowest BCUT2D eigenvalue weighted by Gasteiger charge is -2.30. The largest absolute Gasteiger partial charge is 0.270 e. The minimum atomic E-state index is -0.424. The molecular weight excluding hydrogens is 342 g/mol. The summed E-state index contributed by atoms with van der Waals surface area (Å²) < 4.78 is 3.38. The third-order valence-electron chi connectivity index (χ3n) is 4.86. The van der Waals surface area contributed by atoms with Gasteiger partial charge in [0.1, 0.15) is 0 Å². The minimum absolute atomic E-state index is 0.131. The van der Waals surface area contributed by atoms with Crippen LogP contribution in [0.5, 0.6) is 0 Å². The van der Waals surface area contributed by atoms with Crippen molar-refractivity contribution in [1.82, 2.24) is 24.5 Å². The van der Waals surface area contributed by atoms with Crippen molar-refractivity contribution in [2.75, 3.05) is 6.54 Å². The molecule has 7 nitrogen and oxygen atoms in total. The predicted octanol–water partition coefficient (Wildman–Crippen LogP) is 2.58. The lowest BCUT2D eigenvalue weighted by atomic mass is 9.94. The summed E-state index contributed by atoms with van der Waals surface area (Å²) in [7, 11) is 0. The average Bonchev–Trinajstić information content (AvgIpc) is 3.40. The standard InChI is InChI=1S/C20H15N5O2/c26-19-15-7-1-5-14-6-2-8-16(18(14)15)20(27)23(19)13-17(24-11-3-9-21-24)25-12-4-10-22-25/h1-12,17H,13H2. The molecule has 0 bridgehead atoms. The van der Waals surface area contributed by atoms with Gasteiger partial charge < -0.3 is 0 Å². The molecule has 0 aliphatic carbocycles. The lowest BCUT2D eigenvalue weighted by Crippen LogP contribution is -2.45. The normalized spacial score (nSPS) is 13.7. The smallest absolute Gasteiger partial charge is 0.261 e. The summed E-state index contributed by atoms with van der Waals surface area (Å²) in [6.07, 6.45) is 6.48. The zero-order valence-corrected chi connectivity index (χ0v) is 14.3. The van der Waals surface area contributed by atoms with E-state index in [1.807, 2.05) is 24.3 Å². The molecular formula is C20H15N5O2. The molecule has 0 radical (unpaired) electrons. The fourth-order valence-electron chi connectivity index (χ4n) is 3.61. The Balaban J connectivity index is 1.60. The van der Waals surface area contributed by atoms with E-state index in [0.29, 0.717) is 11.1 Å². The van der Waals surface area contributed by atoms with Crippen molar-refractivity contribution in [2.24, 2.45) is 0 Å². The molecule has 132 valence electrons. The van der Waals surface area contributed by atoms with Gasteiger partial charge in [0.2, 0.25) is 0 Å². The van der Waals surface area contributed by atoms with Crippen molar-refractivity contribution in [2.45, 2.75) is 6.17 Å². The van der Waals surface area contributed by atoms with Gasteiger partial charge in [-0.1, -0.05) is 24.3 Å². The Bertz CT molecular complexity index is 1060. The van der Waals surface area contributed by atoms with Crippen LogP contribution in [0.1, 0.15) is 26.9 Å². The van der Waals surface area contributed by atoms with Crippen LogP contribution in [0.2, 0.25) is 0 Å². The molecule has 7 heteroatoms. The van der Waals surface area contributed by atoms with E-state index in [1.165, 1.54) is 4.90 Å². The zero-order valence-electron chi connectivity index (χ0n) is 14.3. The number of carbonyl (C=O) groups is 2.